The molecule has 0 fully saturated rings. The molecule has 0 amide bonds. The molecule has 0 spiro atoms. The molecule has 0 saturated heterocycles. The minimum Gasteiger partial charge on any atom is -0.475 e. The van der Waals surface area contributed by atoms with Crippen LogP contribution in [0.15, 0.2) is 35.3 Å². The summed E-state index contributed by atoms with van der Waals surface area (Å²) in [7, 11) is 0. The highest BCUT2D eigenvalue weighted by atomic mass is 16.4. The molecule has 1 aromatic rings. The molecule has 1 aromatic carbocycles. The van der Waals surface area contributed by atoms with E-state index >= 15 is 0 Å². The van der Waals surface area contributed by atoms with Gasteiger partial charge >= 0.3 is 5.97 Å². The number of rotatable bonds is 2. The van der Waals surface area contributed by atoms with Crippen LogP contribution in [0.2, 0.25) is 0 Å². The molecular weight excluding hydrogens is 168 g/mol. The van der Waals surface area contributed by atoms with E-state index in [1.54, 1.807) is 0 Å². The number of aliphatic carboxylic acids is 1. The van der Waals surface area contributed by atoms with Crippen LogP contribution in [-0.2, 0) is 11.3 Å². The van der Waals surface area contributed by atoms with E-state index in [0.29, 0.717) is 6.54 Å². The molecule has 13 heavy (non-hydrogen) atoms. The van der Waals surface area contributed by atoms with Gasteiger partial charge in [0.25, 0.3) is 0 Å². The Labute approximate surface area is 75.7 Å². The summed E-state index contributed by atoms with van der Waals surface area (Å²) < 4.78 is 0. The monoisotopic (exact) mass is 178 g/mol. The standard InChI is InChI=1S/C9H10N2O2/c10-8(9(12)13)11-6-7-4-2-1-3-5-7/h1-5H,6H2,(H2,10,11)(H,12,13). The average molecular weight is 178 g/mol. The highest BCUT2D eigenvalue weighted by Gasteiger charge is 2.00. The van der Waals surface area contributed by atoms with Gasteiger partial charge in [-0.25, -0.2) is 4.79 Å². The van der Waals surface area contributed by atoms with Crippen LogP contribution in [0.4, 0.5) is 0 Å². The lowest BCUT2D eigenvalue weighted by Gasteiger charge is -1.95. The number of nitrogens with two attached hydrogens (primary N) is 1. The predicted octanol–water partition coefficient (Wildman–Crippen LogP) is 0.628. The van der Waals surface area contributed by atoms with Crippen LogP contribution in [0.5, 0.6) is 0 Å². The third-order valence-corrected chi connectivity index (χ3v) is 1.49. The molecule has 0 bridgehead atoms. The quantitative estimate of drug-likeness (QED) is 0.515. The van der Waals surface area contributed by atoms with Gasteiger partial charge in [-0.05, 0) is 5.56 Å². The molecule has 0 saturated carbocycles. The van der Waals surface area contributed by atoms with Crippen molar-refractivity contribution in [2.75, 3.05) is 0 Å². The van der Waals surface area contributed by atoms with Crippen LogP contribution in [0, 0.1) is 0 Å². The van der Waals surface area contributed by atoms with E-state index in [2.05, 4.69) is 4.99 Å². The molecule has 4 nitrogen and oxygen atoms in total. The van der Waals surface area contributed by atoms with Gasteiger partial charge in [-0.2, -0.15) is 0 Å². The van der Waals surface area contributed by atoms with Gasteiger partial charge in [-0.3, -0.25) is 4.99 Å². The van der Waals surface area contributed by atoms with Gasteiger partial charge in [-0.1, -0.05) is 30.3 Å². The molecule has 3 N–H and O–H groups in total. The van der Waals surface area contributed by atoms with Gasteiger partial charge in [0.1, 0.15) is 0 Å². The molecule has 0 unspecified atom stereocenters. The molecule has 0 atom stereocenters. The third kappa shape index (κ3) is 2.94. The first kappa shape index (κ1) is 9.25. The summed E-state index contributed by atoms with van der Waals surface area (Å²) in [6.45, 7) is 0.305. The molecule has 0 aliphatic heterocycles. The fraction of sp³-hybridized carbons (Fsp3) is 0.111. The van der Waals surface area contributed by atoms with E-state index in [9.17, 15) is 4.79 Å². The molecule has 0 radical (unpaired) electrons. The van der Waals surface area contributed by atoms with Crippen molar-refractivity contribution < 1.29 is 9.90 Å². The fourth-order valence-electron chi connectivity index (χ4n) is 0.828. The Hall–Kier alpha value is -1.84. The van der Waals surface area contributed by atoms with E-state index in [1.807, 2.05) is 30.3 Å². The summed E-state index contributed by atoms with van der Waals surface area (Å²) in [6, 6.07) is 9.33. The number of hydrogen-bond donors (Lipinski definition) is 2. The Morgan fingerprint density at radius 2 is 2.00 bits per heavy atom. The second kappa shape index (κ2) is 4.25. The van der Waals surface area contributed by atoms with Gasteiger partial charge in [-0.15, -0.1) is 0 Å². The lowest BCUT2D eigenvalue weighted by molar-refractivity contribution is -0.129. The van der Waals surface area contributed by atoms with E-state index in [-0.39, 0.29) is 5.84 Å². The number of hydrogen-bond acceptors (Lipinski definition) is 2. The second-order valence-electron chi connectivity index (χ2n) is 2.49. The maximum atomic E-state index is 10.3. The minimum absolute atomic E-state index is 0.305. The van der Waals surface area contributed by atoms with Gasteiger partial charge in [0.05, 0.1) is 6.54 Å². The van der Waals surface area contributed by atoms with Crippen molar-refractivity contribution in [1.82, 2.24) is 0 Å². The summed E-state index contributed by atoms with van der Waals surface area (Å²) in [5.41, 5.74) is 6.05. The highest BCUT2D eigenvalue weighted by Crippen LogP contribution is 1.99. The van der Waals surface area contributed by atoms with Crippen molar-refractivity contribution in [2.45, 2.75) is 6.54 Å². The smallest absolute Gasteiger partial charge is 0.370 e. The first-order valence-electron chi connectivity index (χ1n) is 3.77. The lowest BCUT2D eigenvalue weighted by Crippen LogP contribution is -2.23. The summed E-state index contributed by atoms with van der Waals surface area (Å²) in [5, 5.41) is 8.40. The number of nitrogens with zero attached hydrogens (tertiary/aromatic N) is 1. The average Bonchev–Trinajstić information content (AvgIpc) is 2.15. The Kier molecular flexibility index (Phi) is 3.03. The number of carboxylic acid groups (broad SMARTS) is 1. The zero-order valence-corrected chi connectivity index (χ0v) is 6.97. The first-order chi connectivity index (χ1) is 6.20. The lowest BCUT2D eigenvalue weighted by atomic mass is 10.2. The van der Waals surface area contributed by atoms with Crippen molar-refractivity contribution in [2.24, 2.45) is 10.7 Å². The molecule has 0 heterocycles. The minimum atomic E-state index is -1.18. The van der Waals surface area contributed by atoms with Gasteiger partial charge in [0.2, 0.25) is 5.84 Å². The van der Waals surface area contributed by atoms with Crippen LogP contribution in [0.1, 0.15) is 5.56 Å². The molecular formula is C9H10N2O2. The van der Waals surface area contributed by atoms with Crippen molar-refractivity contribution in [3.8, 4) is 0 Å². The van der Waals surface area contributed by atoms with E-state index < -0.39 is 5.97 Å². The van der Waals surface area contributed by atoms with Gasteiger partial charge in [0, 0.05) is 0 Å². The SMILES string of the molecule is NC(=NCc1ccccc1)C(=O)O. The van der Waals surface area contributed by atoms with Crippen molar-refractivity contribution in [3.05, 3.63) is 35.9 Å². The van der Waals surface area contributed by atoms with Crippen LogP contribution in [0.3, 0.4) is 0 Å². The van der Waals surface area contributed by atoms with Crippen molar-refractivity contribution in [3.63, 3.8) is 0 Å². The van der Waals surface area contributed by atoms with Crippen molar-refractivity contribution in [1.29, 1.82) is 0 Å². The second-order valence-corrected chi connectivity index (χ2v) is 2.49. The maximum Gasteiger partial charge on any atom is 0.370 e. The Morgan fingerprint density at radius 3 is 2.54 bits per heavy atom. The summed E-state index contributed by atoms with van der Waals surface area (Å²) >= 11 is 0. The normalized spacial score (nSPS) is 11.2. The largest absolute Gasteiger partial charge is 0.475 e. The number of amidine groups is 1. The highest BCUT2D eigenvalue weighted by molar-refractivity contribution is 6.33. The Balaban J connectivity index is 2.62. The number of benzene rings is 1. The summed E-state index contributed by atoms with van der Waals surface area (Å²) in [6.07, 6.45) is 0. The number of aliphatic imine (C=N–C) groups is 1. The van der Waals surface area contributed by atoms with Gasteiger partial charge in [0.15, 0.2) is 0 Å². The fourth-order valence-corrected chi connectivity index (χ4v) is 0.828. The molecule has 4 heteroatoms. The summed E-state index contributed by atoms with van der Waals surface area (Å²) in [4.78, 5) is 14.0. The number of carbonyl (C=O) groups is 1. The Morgan fingerprint density at radius 1 is 1.38 bits per heavy atom. The predicted molar refractivity (Wildman–Crippen MR) is 49.4 cm³/mol. The van der Waals surface area contributed by atoms with E-state index in [1.165, 1.54) is 0 Å². The molecule has 0 aliphatic rings. The third-order valence-electron chi connectivity index (χ3n) is 1.49. The van der Waals surface area contributed by atoms with Crippen LogP contribution >= 0.6 is 0 Å². The summed E-state index contributed by atoms with van der Waals surface area (Å²) in [5.74, 6) is -1.54. The number of carboxylic acids is 1. The van der Waals surface area contributed by atoms with E-state index in [4.69, 9.17) is 10.8 Å². The molecule has 1 rings (SSSR count). The van der Waals surface area contributed by atoms with Crippen LogP contribution < -0.4 is 5.73 Å². The van der Waals surface area contributed by atoms with Crippen LogP contribution in [-0.4, -0.2) is 16.9 Å². The zero-order chi connectivity index (χ0) is 9.68. The zero-order valence-electron chi connectivity index (χ0n) is 6.97. The molecule has 68 valence electrons. The van der Waals surface area contributed by atoms with Gasteiger partial charge < -0.3 is 10.8 Å². The first-order valence-corrected chi connectivity index (χ1v) is 3.77. The molecule has 0 aliphatic carbocycles. The maximum absolute atomic E-state index is 10.3. The topological polar surface area (TPSA) is 75.7 Å². The molecule has 0 aromatic heterocycles. The van der Waals surface area contributed by atoms with Crippen LogP contribution in [0.25, 0.3) is 0 Å². The Bertz CT molecular complexity index is 320. The van der Waals surface area contributed by atoms with Crippen molar-refractivity contribution >= 4 is 11.8 Å². The van der Waals surface area contributed by atoms with E-state index in [0.717, 1.165) is 5.56 Å².